The van der Waals surface area contributed by atoms with E-state index in [0.29, 0.717) is 6.42 Å². The molecule has 0 aliphatic carbocycles. The van der Waals surface area contributed by atoms with Gasteiger partial charge in [0.05, 0.1) is 18.8 Å². The van der Waals surface area contributed by atoms with Gasteiger partial charge in [-0.1, -0.05) is 247 Å². The van der Waals surface area contributed by atoms with Gasteiger partial charge in [-0.25, -0.2) is 0 Å². The Morgan fingerprint density at radius 3 is 1.17 bits per heavy atom. The standard InChI is InChI=1S/C56H99NO3/c1-3-5-7-9-11-13-15-17-19-21-23-24-25-26-27-28-29-30-31-32-34-36-38-40-42-44-46-48-50-52-56(60)57-54(53-58)55(59)51-49-47-45-43-41-39-37-35-33-22-20-18-16-14-12-10-8-6-4-2/h5,7,11,13,17,19,23-24,26-27,41,43,49,51,54-55,58-59H,3-4,6,8-10,12,14-16,18,20-22,25,28-40,42,44-48,50,52-53H2,1-2H3,(H,57,60)/b7-5-,13-11-,19-17-,24-23-,27-26-,43-41+,51-49+. The predicted octanol–water partition coefficient (Wildman–Crippen LogP) is 16.8. The molecule has 0 heterocycles. The lowest BCUT2D eigenvalue weighted by Crippen LogP contribution is -2.45. The average molecular weight is 834 g/mol. The molecule has 0 aliphatic heterocycles. The Hall–Kier alpha value is -2.43. The largest absolute Gasteiger partial charge is 0.394 e. The van der Waals surface area contributed by atoms with E-state index in [0.717, 1.165) is 64.2 Å². The number of aliphatic hydroxyl groups is 2. The van der Waals surface area contributed by atoms with Gasteiger partial charge in [0.2, 0.25) is 5.91 Å². The van der Waals surface area contributed by atoms with Crippen molar-refractivity contribution in [3.8, 4) is 0 Å². The first-order valence-corrected chi connectivity index (χ1v) is 25.8. The number of amides is 1. The number of allylic oxidation sites excluding steroid dienone is 13. The van der Waals surface area contributed by atoms with E-state index >= 15 is 0 Å². The summed E-state index contributed by atoms with van der Waals surface area (Å²) in [6.45, 7) is 4.19. The minimum atomic E-state index is -0.867. The zero-order chi connectivity index (χ0) is 43.5. The summed E-state index contributed by atoms with van der Waals surface area (Å²) in [4.78, 5) is 12.4. The van der Waals surface area contributed by atoms with Crippen molar-refractivity contribution >= 4 is 5.91 Å². The summed E-state index contributed by atoms with van der Waals surface area (Å²) in [5, 5.41) is 23.1. The van der Waals surface area contributed by atoms with Crippen molar-refractivity contribution in [2.75, 3.05) is 6.61 Å². The number of carbonyl (C=O) groups excluding carboxylic acids is 1. The molecular formula is C56H99NO3. The first-order chi connectivity index (χ1) is 29.7. The predicted molar refractivity (Wildman–Crippen MR) is 267 cm³/mol. The van der Waals surface area contributed by atoms with Crippen LogP contribution in [0.5, 0.6) is 0 Å². The number of carbonyl (C=O) groups is 1. The van der Waals surface area contributed by atoms with Gasteiger partial charge in [-0.2, -0.15) is 0 Å². The molecule has 0 aromatic carbocycles. The molecule has 0 fully saturated rings. The highest BCUT2D eigenvalue weighted by Gasteiger charge is 2.17. The Labute approximate surface area is 373 Å². The number of rotatable bonds is 46. The summed E-state index contributed by atoms with van der Waals surface area (Å²) in [6.07, 6.45) is 74.3. The van der Waals surface area contributed by atoms with Gasteiger partial charge in [0, 0.05) is 6.42 Å². The second-order valence-corrected chi connectivity index (χ2v) is 17.2. The summed E-state index contributed by atoms with van der Waals surface area (Å²) in [5.74, 6) is -0.0771. The maximum atomic E-state index is 12.4. The second kappa shape index (κ2) is 50.9. The summed E-state index contributed by atoms with van der Waals surface area (Å²) >= 11 is 0. The molecule has 4 heteroatoms. The zero-order valence-corrected chi connectivity index (χ0v) is 39.7. The molecule has 0 aliphatic rings. The van der Waals surface area contributed by atoms with Crippen LogP contribution < -0.4 is 5.32 Å². The van der Waals surface area contributed by atoms with Gasteiger partial charge in [-0.05, 0) is 77.0 Å². The third-order valence-electron chi connectivity index (χ3n) is 11.4. The molecule has 0 saturated heterocycles. The average Bonchev–Trinajstić information content (AvgIpc) is 3.25. The summed E-state index contributed by atoms with van der Waals surface area (Å²) in [6, 6.07) is -0.644. The van der Waals surface area contributed by atoms with Crippen molar-refractivity contribution in [2.45, 2.75) is 257 Å². The number of aliphatic hydroxyl groups excluding tert-OH is 2. The third-order valence-corrected chi connectivity index (χ3v) is 11.4. The molecule has 0 saturated carbocycles. The molecule has 3 N–H and O–H groups in total. The Morgan fingerprint density at radius 2 is 0.750 bits per heavy atom. The lowest BCUT2D eigenvalue weighted by molar-refractivity contribution is -0.123. The van der Waals surface area contributed by atoms with Gasteiger partial charge in [0.1, 0.15) is 0 Å². The van der Waals surface area contributed by atoms with E-state index in [4.69, 9.17) is 0 Å². The molecule has 2 unspecified atom stereocenters. The van der Waals surface area contributed by atoms with Gasteiger partial charge >= 0.3 is 0 Å². The van der Waals surface area contributed by atoms with E-state index in [1.807, 2.05) is 6.08 Å². The van der Waals surface area contributed by atoms with Crippen molar-refractivity contribution in [2.24, 2.45) is 0 Å². The van der Waals surface area contributed by atoms with E-state index in [-0.39, 0.29) is 12.5 Å². The Balaban J connectivity index is 3.58. The van der Waals surface area contributed by atoms with Crippen LogP contribution in [-0.2, 0) is 4.79 Å². The SMILES string of the molecule is CC/C=C\C/C=C\C/C=C\C/C=C\C/C=C\CCCCCCCCCCCCCCCC(=O)NC(CO)C(O)/C=C/CC/C=C/CCCCCCCCCCCCCCC. The molecule has 0 bridgehead atoms. The van der Waals surface area contributed by atoms with Gasteiger partial charge in [-0.15, -0.1) is 0 Å². The monoisotopic (exact) mass is 834 g/mol. The normalized spacial score (nSPS) is 13.6. The number of hydrogen-bond donors (Lipinski definition) is 3. The van der Waals surface area contributed by atoms with Crippen LogP contribution >= 0.6 is 0 Å². The van der Waals surface area contributed by atoms with Crippen LogP contribution in [0.25, 0.3) is 0 Å². The van der Waals surface area contributed by atoms with Crippen LogP contribution in [0.4, 0.5) is 0 Å². The van der Waals surface area contributed by atoms with E-state index in [1.54, 1.807) is 6.08 Å². The van der Waals surface area contributed by atoms with Crippen molar-refractivity contribution in [1.29, 1.82) is 0 Å². The van der Waals surface area contributed by atoms with Gasteiger partial charge in [0.15, 0.2) is 0 Å². The maximum Gasteiger partial charge on any atom is 0.220 e. The highest BCUT2D eigenvalue weighted by Crippen LogP contribution is 2.15. The van der Waals surface area contributed by atoms with Crippen molar-refractivity contribution < 1.29 is 15.0 Å². The van der Waals surface area contributed by atoms with Gasteiger partial charge < -0.3 is 15.5 Å². The first-order valence-electron chi connectivity index (χ1n) is 25.8. The molecular weight excluding hydrogens is 735 g/mol. The van der Waals surface area contributed by atoms with Crippen LogP contribution in [0, 0.1) is 0 Å². The molecule has 1 amide bonds. The highest BCUT2D eigenvalue weighted by atomic mass is 16.3. The fourth-order valence-corrected chi connectivity index (χ4v) is 7.46. The van der Waals surface area contributed by atoms with Crippen molar-refractivity contribution in [3.63, 3.8) is 0 Å². The molecule has 346 valence electrons. The Morgan fingerprint density at radius 1 is 0.417 bits per heavy atom. The Kier molecular flexibility index (Phi) is 48.9. The second-order valence-electron chi connectivity index (χ2n) is 17.2. The van der Waals surface area contributed by atoms with Crippen LogP contribution in [0.3, 0.4) is 0 Å². The molecule has 60 heavy (non-hydrogen) atoms. The zero-order valence-electron chi connectivity index (χ0n) is 39.7. The third kappa shape index (κ3) is 46.6. The summed E-state index contributed by atoms with van der Waals surface area (Å²) in [5.41, 5.74) is 0. The fourth-order valence-electron chi connectivity index (χ4n) is 7.46. The quantitative estimate of drug-likeness (QED) is 0.0423. The van der Waals surface area contributed by atoms with Crippen LogP contribution in [0.2, 0.25) is 0 Å². The number of hydrogen-bond acceptors (Lipinski definition) is 3. The summed E-state index contributed by atoms with van der Waals surface area (Å²) in [7, 11) is 0. The van der Waals surface area contributed by atoms with E-state index in [9.17, 15) is 15.0 Å². The van der Waals surface area contributed by atoms with Crippen LogP contribution in [0.1, 0.15) is 245 Å². The first kappa shape index (κ1) is 57.6. The molecule has 2 atom stereocenters. The number of unbranched alkanes of at least 4 members (excludes halogenated alkanes) is 27. The molecule has 0 rings (SSSR count). The molecule has 0 aromatic rings. The van der Waals surface area contributed by atoms with Crippen molar-refractivity contribution in [1.82, 2.24) is 5.32 Å². The van der Waals surface area contributed by atoms with Gasteiger partial charge in [0.25, 0.3) is 0 Å². The highest BCUT2D eigenvalue weighted by molar-refractivity contribution is 5.76. The minimum absolute atomic E-state index is 0.0771. The topological polar surface area (TPSA) is 69.6 Å². The molecule has 4 nitrogen and oxygen atoms in total. The fraction of sp³-hybridized carbons (Fsp3) is 0.732. The van der Waals surface area contributed by atoms with Crippen LogP contribution in [0.15, 0.2) is 85.1 Å². The molecule has 0 aromatic heterocycles. The van der Waals surface area contributed by atoms with Crippen LogP contribution in [-0.4, -0.2) is 34.9 Å². The minimum Gasteiger partial charge on any atom is -0.394 e. The molecule has 0 radical (unpaired) electrons. The van der Waals surface area contributed by atoms with Gasteiger partial charge in [-0.3, -0.25) is 4.79 Å². The summed E-state index contributed by atoms with van der Waals surface area (Å²) < 4.78 is 0. The van der Waals surface area contributed by atoms with E-state index < -0.39 is 12.1 Å². The maximum absolute atomic E-state index is 12.4. The lowest BCUT2D eigenvalue weighted by atomic mass is 10.0. The lowest BCUT2D eigenvalue weighted by Gasteiger charge is -2.19. The van der Waals surface area contributed by atoms with Crippen molar-refractivity contribution in [3.05, 3.63) is 85.1 Å². The Bertz CT molecular complexity index is 1080. The smallest absolute Gasteiger partial charge is 0.220 e. The van der Waals surface area contributed by atoms with E-state index in [2.05, 4.69) is 92.1 Å². The van der Waals surface area contributed by atoms with E-state index in [1.165, 1.54) is 161 Å². The number of nitrogens with one attached hydrogen (secondary N) is 1. The molecule has 0 spiro atoms.